The first-order valence-electron chi connectivity index (χ1n) is 7.28. The van der Waals surface area contributed by atoms with Gasteiger partial charge in [-0.2, -0.15) is 0 Å². The second kappa shape index (κ2) is 10.2. The van der Waals surface area contributed by atoms with Crippen LogP contribution in [-0.4, -0.2) is 50.1 Å². The molecule has 0 radical (unpaired) electrons. The molecule has 2 amide bonds. The van der Waals surface area contributed by atoms with Gasteiger partial charge in [0.05, 0.1) is 6.54 Å². The number of hydrogen-bond donors (Lipinski definition) is 1. The Morgan fingerprint density at radius 1 is 1.27 bits per heavy atom. The van der Waals surface area contributed by atoms with Gasteiger partial charge in [-0.15, -0.1) is 0 Å². The first-order chi connectivity index (χ1) is 10.5. The highest BCUT2D eigenvalue weighted by molar-refractivity contribution is 6.30. The number of carbonyl (C=O) groups is 2. The lowest BCUT2D eigenvalue weighted by Crippen LogP contribution is -2.41. The summed E-state index contributed by atoms with van der Waals surface area (Å²) in [5, 5.41) is 3.52. The van der Waals surface area contributed by atoms with E-state index in [1.807, 2.05) is 24.3 Å². The number of methoxy groups -OCH3 is 1. The van der Waals surface area contributed by atoms with E-state index in [0.29, 0.717) is 31.1 Å². The van der Waals surface area contributed by atoms with Gasteiger partial charge in [0.15, 0.2) is 0 Å². The van der Waals surface area contributed by atoms with Crippen LogP contribution in [0.1, 0.15) is 18.9 Å². The number of amides is 2. The van der Waals surface area contributed by atoms with Gasteiger partial charge in [0.1, 0.15) is 0 Å². The summed E-state index contributed by atoms with van der Waals surface area (Å²) in [5.74, 6) is -0.259. The molecule has 1 aromatic rings. The fraction of sp³-hybridized carbons (Fsp3) is 0.500. The smallest absolute Gasteiger partial charge is 0.239 e. The van der Waals surface area contributed by atoms with Crippen molar-refractivity contribution < 1.29 is 14.3 Å². The van der Waals surface area contributed by atoms with Gasteiger partial charge in [-0.3, -0.25) is 9.59 Å². The third-order valence-electron chi connectivity index (χ3n) is 3.21. The second-order valence-electron chi connectivity index (χ2n) is 5.01. The lowest BCUT2D eigenvalue weighted by atomic mass is 10.1. The minimum absolute atomic E-state index is 0.0830. The van der Waals surface area contributed by atoms with E-state index in [9.17, 15) is 9.59 Å². The minimum Gasteiger partial charge on any atom is -0.385 e. The van der Waals surface area contributed by atoms with Gasteiger partial charge in [0, 0.05) is 38.8 Å². The first kappa shape index (κ1) is 18.5. The highest BCUT2D eigenvalue weighted by Crippen LogP contribution is 2.09. The van der Waals surface area contributed by atoms with Crippen molar-refractivity contribution in [2.45, 2.75) is 19.8 Å². The normalized spacial score (nSPS) is 10.3. The Hall–Kier alpha value is -1.59. The summed E-state index contributed by atoms with van der Waals surface area (Å²) in [6.07, 6.45) is 1.45. The van der Waals surface area contributed by atoms with Crippen LogP contribution >= 0.6 is 11.6 Å². The van der Waals surface area contributed by atoms with Crippen LogP contribution in [-0.2, 0) is 20.7 Å². The van der Waals surface area contributed by atoms with Crippen molar-refractivity contribution in [3.05, 3.63) is 34.9 Å². The van der Waals surface area contributed by atoms with Crippen molar-refractivity contribution >= 4 is 23.4 Å². The molecule has 1 rings (SSSR count). The zero-order valence-electron chi connectivity index (χ0n) is 13.1. The molecule has 0 aromatic heterocycles. The summed E-state index contributed by atoms with van der Waals surface area (Å²) < 4.78 is 4.95. The van der Waals surface area contributed by atoms with Gasteiger partial charge in [0.25, 0.3) is 0 Å². The predicted molar refractivity (Wildman–Crippen MR) is 86.9 cm³/mol. The number of ether oxygens (including phenoxy) is 1. The summed E-state index contributed by atoms with van der Waals surface area (Å²) >= 11 is 5.82. The maximum Gasteiger partial charge on any atom is 0.239 e. The molecule has 1 aromatic carbocycles. The summed E-state index contributed by atoms with van der Waals surface area (Å²) in [4.78, 5) is 24.9. The molecule has 22 heavy (non-hydrogen) atoms. The van der Waals surface area contributed by atoms with Crippen LogP contribution in [0.4, 0.5) is 0 Å². The number of nitrogens with one attached hydrogen (secondary N) is 1. The Morgan fingerprint density at radius 2 is 1.95 bits per heavy atom. The highest BCUT2D eigenvalue weighted by Gasteiger charge is 2.12. The molecule has 0 saturated carbocycles. The molecule has 1 N–H and O–H groups in total. The molecule has 0 bridgehead atoms. The fourth-order valence-corrected chi connectivity index (χ4v) is 2.10. The average Bonchev–Trinajstić information content (AvgIpc) is 2.48. The zero-order valence-corrected chi connectivity index (χ0v) is 13.9. The monoisotopic (exact) mass is 326 g/mol. The standard InChI is InChI=1S/C16H23ClN2O3/c1-13(20)19(10-3-11-22-2)12-16(21)18-9-8-14-4-6-15(17)7-5-14/h4-7H,3,8-12H2,1-2H3,(H,18,21). The Labute approximate surface area is 136 Å². The number of halogens is 1. The molecule has 6 heteroatoms. The third-order valence-corrected chi connectivity index (χ3v) is 3.46. The van der Waals surface area contributed by atoms with Gasteiger partial charge >= 0.3 is 0 Å². The van der Waals surface area contributed by atoms with Crippen LogP contribution in [0, 0.1) is 0 Å². The predicted octanol–water partition coefficient (Wildman–Crippen LogP) is 1.88. The molecule has 0 aliphatic heterocycles. The molecule has 0 aliphatic rings. The molecular weight excluding hydrogens is 304 g/mol. The van der Waals surface area contributed by atoms with E-state index < -0.39 is 0 Å². The molecule has 0 heterocycles. The van der Waals surface area contributed by atoms with Crippen molar-refractivity contribution in [3.63, 3.8) is 0 Å². The number of nitrogens with zero attached hydrogens (tertiary/aromatic N) is 1. The highest BCUT2D eigenvalue weighted by atomic mass is 35.5. The van der Waals surface area contributed by atoms with Crippen molar-refractivity contribution in [2.75, 3.05) is 33.4 Å². The van der Waals surface area contributed by atoms with E-state index in [0.717, 1.165) is 12.0 Å². The molecule has 0 spiro atoms. The Balaban J connectivity index is 2.30. The van der Waals surface area contributed by atoms with E-state index in [-0.39, 0.29) is 18.4 Å². The molecule has 5 nitrogen and oxygen atoms in total. The Bertz CT molecular complexity index is 477. The zero-order chi connectivity index (χ0) is 16.4. The van der Waals surface area contributed by atoms with Crippen LogP contribution in [0.5, 0.6) is 0 Å². The Kier molecular flexibility index (Phi) is 8.55. The molecule has 0 saturated heterocycles. The maximum absolute atomic E-state index is 11.9. The van der Waals surface area contributed by atoms with Crippen LogP contribution in [0.25, 0.3) is 0 Å². The molecule has 0 fully saturated rings. The van der Waals surface area contributed by atoms with Crippen molar-refractivity contribution in [2.24, 2.45) is 0 Å². The van der Waals surface area contributed by atoms with Crippen LogP contribution in [0.15, 0.2) is 24.3 Å². The topological polar surface area (TPSA) is 58.6 Å². The molecule has 0 aliphatic carbocycles. The number of rotatable bonds is 9. The van der Waals surface area contributed by atoms with Crippen molar-refractivity contribution in [3.8, 4) is 0 Å². The Morgan fingerprint density at radius 3 is 2.55 bits per heavy atom. The third kappa shape index (κ3) is 7.43. The van der Waals surface area contributed by atoms with E-state index in [1.165, 1.54) is 11.8 Å². The van der Waals surface area contributed by atoms with Gasteiger partial charge in [-0.1, -0.05) is 23.7 Å². The summed E-state index contributed by atoms with van der Waals surface area (Å²) in [7, 11) is 1.61. The number of carbonyl (C=O) groups excluding carboxylic acids is 2. The van der Waals surface area contributed by atoms with Gasteiger partial charge in [0.2, 0.25) is 11.8 Å². The van der Waals surface area contributed by atoms with E-state index in [4.69, 9.17) is 16.3 Å². The summed E-state index contributed by atoms with van der Waals surface area (Å²) in [6, 6.07) is 7.51. The molecular formula is C16H23ClN2O3. The molecule has 0 unspecified atom stereocenters. The van der Waals surface area contributed by atoms with E-state index in [1.54, 1.807) is 7.11 Å². The van der Waals surface area contributed by atoms with Crippen molar-refractivity contribution in [1.29, 1.82) is 0 Å². The van der Waals surface area contributed by atoms with E-state index in [2.05, 4.69) is 5.32 Å². The van der Waals surface area contributed by atoms with Gasteiger partial charge < -0.3 is 15.0 Å². The SMILES string of the molecule is COCCCN(CC(=O)NCCc1ccc(Cl)cc1)C(C)=O. The maximum atomic E-state index is 11.9. The number of hydrogen-bond acceptors (Lipinski definition) is 3. The van der Waals surface area contributed by atoms with Crippen LogP contribution in [0.3, 0.4) is 0 Å². The molecule has 0 atom stereocenters. The average molecular weight is 327 g/mol. The lowest BCUT2D eigenvalue weighted by molar-refractivity contribution is -0.134. The van der Waals surface area contributed by atoms with Gasteiger partial charge in [-0.05, 0) is 30.5 Å². The summed E-state index contributed by atoms with van der Waals surface area (Å²) in [6.45, 7) is 3.17. The largest absolute Gasteiger partial charge is 0.385 e. The number of benzene rings is 1. The summed E-state index contributed by atoms with van der Waals surface area (Å²) in [5.41, 5.74) is 1.10. The minimum atomic E-state index is -0.151. The quantitative estimate of drug-likeness (QED) is 0.705. The second-order valence-corrected chi connectivity index (χ2v) is 5.45. The van der Waals surface area contributed by atoms with E-state index >= 15 is 0 Å². The fourth-order valence-electron chi connectivity index (χ4n) is 1.97. The lowest BCUT2D eigenvalue weighted by Gasteiger charge is -2.20. The first-order valence-corrected chi connectivity index (χ1v) is 7.66. The molecule has 122 valence electrons. The van der Waals surface area contributed by atoms with Crippen LogP contribution < -0.4 is 5.32 Å². The van der Waals surface area contributed by atoms with Crippen LogP contribution in [0.2, 0.25) is 5.02 Å². The van der Waals surface area contributed by atoms with Gasteiger partial charge in [-0.25, -0.2) is 0 Å². The van der Waals surface area contributed by atoms with Crippen molar-refractivity contribution in [1.82, 2.24) is 10.2 Å².